The molecule has 1 heterocycles. The third-order valence-corrected chi connectivity index (χ3v) is 5.99. The van der Waals surface area contributed by atoms with Crippen molar-refractivity contribution in [2.45, 2.75) is 19.5 Å². The van der Waals surface area contributed by atoms with E-state index in [1.165, 1.54) is 26.0 Å². The van der Waals surface area contributed by atoms with Gasteiger partial charge in [-0.1, -0.05) is 24.3 Å². The van der Waals surface area contributed by atoms with Crippen molar-refractivity contribution in [3.8, 4) is 0 Å². The highest BCUT2D eigenvalue weighted by Gasteiger charge is 2.57. The fourth-order valence-corrected chi connectivity index (χ4v) is 4.33. The van der Waals surface area contributed by atoms with E-state index in [4.69, 9.17) is 9.05 Å². The maximum absolute atomic E-state index is 15.3. The number of aromatic nitrogens is 1. The van der Waals surface area contributed by atoms with Gasteiger partial charge in [0.05, 0.1) is 18.7 Å². The minimum absolute atomic E-state index is 0.131. The van der Waals surface area contributed by atoms with Gasteiger partial charge < -0.3 is 9.05 Å². The molecular formula is C18H17F3NO3P. The molecule has 0 aliphatic heterocycles. The molecule has 138 valence electrons. The van der Waals surface area contributed by atoms with Gasteiger partial charge in [0.1, 0.15) is 11.5 Å². The second-order valence-electron chi connectivity index (χ2n) is 5.54. The van der Waals surface area contributed by atoms with Crippen molar-refractivity contribution in [3.05, 3.63) is 54.0 Å². The number of hydrogen-bond donors (Lipinski definition) is 0. The van der Waals surface area contributed by atoms with Crippen LogP contribution in [-0.2, 0) is 19.3 Å². The Morgan fingerprint density at radius 3 is 2.31 bits per heavy atom. The normalized spacial score (nSPS) is 12.8. The van der Waals surface area contributed by atoms with Crippen LogP contribution in [0.1, 0.15) is 19.5 Å². The number of halogens is 3. The summed E-state index contributed by atoms with van der Waals surface area (Å²) >= 11 is 0. The topological polar surface area (TPSA) is 48.4 Å². The predicted molar refractivity (Wildman–Crippen MR) is 94.0 cm³/mol. The molecule has 26 heavy (non-hydrogen) atoms. The molecule has 0 fully saturated rings. The molecule has 0 amide bonds. The number of rotatable bonds is 6. The molecule has 0 aliphatic carbocycles. The van der Waals surface area contributed by atoms with Gasteiger partial charge >= 0.3 is 13.3 Å². The summed E-state index contributed by atoms with van der Waals surface area (Å²) in [6.07, 6.45) is 0. The van der Waals surface area contributed by atoms with Crippen molar-refractivity contribution in [1.29, 1.82) is 0 Å². The van der Waals surface area contributed by atoms with Crippen LogP contribution in [-0.4, -0.2) is 18.2 Å². The first kappa shape index (κ1) is 18.8. The number of fused-ring (bicyclic) bond motifs is 3. The first-order valence-electron chi connectivity index (χ1n) is 8.09. The number of benzene rings is 2. The van der Waals surface area contributed by atoms with Gasteiger partial charge in [0, 0.05) is 10.8 Å². The van der Waals surface area contributed by atoms with E-state index >= 15 is 8.78 Å². The molecule has 8 heteroatoms. The maximum atomic E-state index is 15.3. The largest absolute Gasteiger partial charge is 0.406 e. The Labute approximate surface area is 148 Å². The molecule has 0 radical (unpaired) electrons. The lowest BCUT2D eigenvalue weighted by Gasteiger charge is -2.26. The zero-order valence-corrected chi connectivity index (χ0v) is 15.1. The van der Waals surface area contributed by atoms with Crippen LogP contribution in [0.4, 0.5) is 13.2 Å². The van der Waals surface area contributed by atoms with Crippen LogP contribution in [0.2, 0.25) is 0 Å². The van der Waals surface area contributed by atoms with Gasteiger partial charge in [-0.3, -0.25) is 4.57 Å². The van der Waals surface area contributed by atoms with Gasteiger partial charge in [-0.15, -0.1) is 0 Å². The Morgan fingerprint density at radius 2 is 1.65 bits per heavy atom. The van der Waals surface area contributed by atoms with E-state index in [0.29, 0.717) is 10.8 Å². The summed E-state index contributed by atoms with van der Waals surface area (Å²) in [5, 5.41) is 0.837. The first-order valence-corrected chi connectivity index (χ1v) is 9.64. The highest BCUT2D eigenvalue weighted by molar-refractivity contribution is 7.54. The number of nitrogens with zero attached hydrogens (tertiary/aromatic N) is 1. The minimum Gasteiger partial charge on any atom is -0.304 e. The van der Waals surface area contributed by atoms with Gasteiger partial charge in [-0.05, 0) is 37.4 Å². The summed E-state index contributed by atoms with van der Waals surface area (Å²) < 4.78 is 66.8. The summed E-state index contributed by atoms with van der Waals surface area (Å²) in [5.74, 6) is -0.700. The fourth-order valence-electron chi connectivity index (χ4n) is 2.83. The number of pyridine rings is 1. The van der Waals surface area contributed by atoms with E-state index in [1.807, 2.05) is 0 Å². The maximum Gasteiger partial charge on any atom is 0.406 e. The monoisotopic (exact) mass is 383 g/mol. The molecule has 0 aliphatic rings. The SMILES string of the molecule is CCOP(=O)(OCC)C(F)(F)c1nc2ccccc2c2ccc(F)cc12. The molecule has 0 unspecified atom stereocenters. The zero-order valence-electron chi connectivity index (χ0n) is 14.2. The van der Waals surface area contributed by atoms with Gasteiger partial charge in [-0.25, -0.2) is 9.37 Å². The van der Waals surface area contributed by atoms with Crippen LogP contribution in [0.15, 0.2) is 42.5 Å². The number of alkyl halides is 2. The quantitative estimate of drug-likeness (QED) is 0.396. The lowest BCUT2D eigenvalue weighted by atomic mass is 10.0. The molecule has 0 saturated carbocycles. The van der Waals surface area contributed by atoms with Crippen LogP contribution >= 0.6 is 7.60 Å². The molecule has 4 nitrogen and oxygen atoms in total. The fraction of sp³-hybridized carbons (Fsp3) is 0.278. The van der Waals surface area contributed by atoms with E-state index in [1.54, 1.807) is 24.3 Å². The summed E-state index contributed by atoms with van der Waals surface area (Å²) in [7, 11) is -4.86. The zero-order chi connectivity index (χ0) is 18.9. The molecule has 0 spiro atoms. The predicted octanol–water partition coefficient (Wildman–Crippen LogP) is 5.84. The summed E-state index contributed by atoms with van der Waals surface area (Å²) in [4.78, 5) is 4.00. The van der Waals surface area contributed by atoms with Gasteiger partial charge in [0.15, 0.2) is 0 Å². The molecule has 1 aromatic heterocycles. The Morgan fingerprint density at radius 1 is 1.00 bits per heavy atom. The third-order valence-electron chi connectivity index (χ3n) is 3.89. The standard InChI is InChI=1S/C18H17F3NO3P/c1-3-24-26(23,25-4-2)18(20,21)17-15-11-12(19)9-10-13(15)14-7-5-6-8-16(14)22-17/h5-11H,3-4H2,1-2H3. The molecule has 2 aromatic carbocycles. The average molecular weight is 383 g/mol. The van der Waals surface area contributed by atoms with Crippen LogP contribution in [0.3, 0.4) is 0 Å². The minimum atomic E-state index is -4.86. The Kier molecular flexibility index (Phi) is 5.06. The molecular weight excluding hydrogens is 366 g/mol. The summed E-state index contributed by atoms with van der Waals surface area (Å²) in [6.45, 7) is 2.42. The van der Waals surface area contributed by atoms with Gasteiger partial charge in [0.2, 0.25) is 0 Å². The smallest absolute Gasteiger partial charge is 0.304 e. The first-order chi connectivity index (χ1) is 12.3. The van der Waals surface area contributed by atoms with Crippen molar-refractivity contribution < 1.29 is 26.8 Å². The number of para-hydroxylation sites is 1. The number of hydrogen-bond acceptors (Lipinski definition) is 4. The Bertz CT molecular complexity index is 1000. The van der Waals surface area contributed by atoms with E-state index in [2.05, 4.69) is 4.98 Å². The molecule has 3 aromatic rings. The van der Waals surface area contributed by atoms with E-state index in [0.717, 1.165) is 6.07 Å². The Hall–Kier alpha value is -1.95. The molecule has 3 rings (SSSR count). The van der Waals surface area contributed by atoms with Crippen molar-refractivity contribution >= 4 is 29.3 Å². The van der Waals surface area contributed by atoms with Crippen LogP contribution in [0.5, 0.6) is 0 Å². The van der Waals surface area contributed by atoms with Crippen molar-refractivity contribution in [2.75, 3.05) is 13.2 Å². The highest BCUT2D eigenvalue weighted by atomic mass is 31.2. The van der Waals surface area contributed by atoms with Crippen molar-refractivity contribution in [3.63, 3.8) is 0 Å². The second-order valence-corrected chi connectivity index (χ2v) is 7.61. The second kappa shape index (κ2) is 6.99. The van der Waals surface area contributed by atoms with Crippen LogP contribution < -0.4 is 0 Å². The average Bonchev–Trinajstić information content (AvgIpc) is 2.61. The van der Waals surface area contributed by atoms with Gasteiger partial charge in [0.25, 0.3) is 0 Å². The summed E-state index contributed by atoms with van der Waals surface area (Å²) in [6, 6.07) is 10.2. The van der Waals surface area contributed by atoms with Crippen LogP contribution in [0.25, 0.3) is 21.7 Å². The molecule has 0 N–H and O–H groups in total. The molecule has 0 saturated heterocycles. The van der Waals surface area contributed by atoms with E-state index < -0.39 is 24.8 Å². The van der Waals surface area contributed by atoms with E-state index in [9.17, 15) is 8.96 Å². The van der Waals surface area contributed by atoms with Crippen LogP contribution in [0, 0.1) is 5.82 Å². The lowest BCUT2D eigenvalue weighted by molar-refractivity contribution is 0.0340. The van der Waals surface area contributed by atoms with Crippen molar-refractivity contribution in [1.82, 2.24) is 4.98 Å². The van der Waals surface area contributed by atoms with Crippen molar-refractivity contribution in [2.24, 2.45) is 0 Å². The molecule has 0 atom stereocenters. The third kappa shape index (κ3) is 3.00. The van der Waals surface area contributed by atoms with E-state index in [-0.39, 0.29) is 24.1 Å². The lowest BCUT2D eigenvalue weighted by Crippen LogP contribution is -2.20. The van der Waals surface area contributed by atoms with Gasteiger partial charge in [-0.2, -0.15) is 8.78 Å². The Balaban J connectivity index is 2.38. The summed E-state index contributed by atoms with van der Waals surface area (Å²) in [5.41, 5.74) is -4.59. The molecule has 0 bridgehead atoms. The highest BCUT2D eigenvalue weighted by Crippen LogP contribution is 2.67.